The summed E-state index contributed by atoms with van der Waals surface area (Å²) in [4.78, 5) is 12.4. The van der Waals surface area contributed by atoms with Crippen LogP contribution < -0.4 is 5.32 Å². The van der Waals surface area contributed by atoms with Crippen molar-refractivity contribution in [1.82, 2.24) is 5.32 Å². The highest BCUT2D eigenvalue weighted by atomic mass is 32.2. The second-order valence-corrected chi connectivity index (χ2v) is 15.0. The average molecular weight is 530 g/mol. The summed E-state index contributed by atoms with van der Waals surface area (Å²) in [6.45, 7) is 7.91. The summed E-state index contributed by atoms with van der Waals surface area (Å²) in [7, 11) is -4.17. The fourth-order valence-electron chi connectivity index (χ4n) is 9.14. The first-order chi connectivity index (χ1) is 16.7. The maximum Gasteiger partial charge on any atom is 0.269 e. The van der Waals surface area contributed by atoms with E-state index < -0.39 is 27.6 Å². The second kappa shape index (κ2) is 10.1. The standard InChI is InChI=1S/C27H47NO7S/c1-15(5-8-24(32)28-14-16(2)36(33,34)35)19-6-7-20-25-21(13-23(31)27(19,20)4)26(3)10-9-18(29)11-17(26)12-22(25)30/h15-23,25,29-31H,5-14H2,1-4H3,(H,28,32)(H,33,34,35)/t15-,16?,17?,18-,19-,20+,21+,22-,23+,25+,26+,27-/m1/s1. The molecule has 0 aromatic carbocycles. The van der Waals surface area contributed by atoms with Gasteiger partial charge in [-0.05, 0) is 105 Å². The van der Waals surface area contributed by atoms with Crippen LogP contribution in [0.15, 0.2) is 0 Å². The van der Waals surface area contributed by atoms with Crippen LogP contribution in [0.25, 0.3) is 0 Å². The molecule has 208 valence electrons. The fourth-order valence-corrected chi connectivity index (χ4v) is 9.44. The number of carbonyl (C=O) groups excluding carboxylic acids is 1. The fraction of sp³-hybridized carbons (Fsp3) is 0.963. The Bertz CT molecular complexity index is 927. The summed E-state index contributed by atoms with van der Waals surface area (Å²) in [6.07, 6.45) is 5.63. The normalized spacial score (nSPS) is 46.2. The number of rotatable bonds is 7. The lowest BCUT2D eigenvalue weighted by Crippen LogP contribution is -2.62. The van der Waals surface area contributed by atoms with Crippen LogP contribution in [0.3, 0.4) is 0 Å². The lowest BCUT2D eigenvalue weighted by molar-refractivity contribution is -0.207. The van der Waals surface area contributed by atoms with Crippen LogP contribution in [-0.4, -0.2) is 64.3 Å². The molecule has 36 heavy (non-hydrogen) atoms. The molecule has 0 aromatic rings. The van der Waals surface area contributed by atoms with Gasteiger partial charge in [-0.25, -0.2) is 0 Å². The second-order valence-electron chi connectivity index (χ2n) is 13.2. The first-order valence-electron chi connectivity index (χ1n) is 14.0. The Morgan fingerprint density at radius 2 is 1.72 bits per heavy atom. The van der Waals surface area contributed by atoms with Gasteiger partial charge in [0, 0.05) is 13.0 Å². The van der Waals surface area contributed by atoms with E-state index in [1.807, 2.05) is 0 Å². The van der Waals surface area contributed by atoms with Crippen molar-refractivity contribution >= 4 is 16.0 Å². The summed E-state index contributed by atoms with van der Waals surface area (Å²) in [5, 5.41) is 34.9. The molecule has 4 saturated carbocycles. The van der Waals surface area contributed by atoms with Gasteiger partial charge in [0.15, 0.2) is 0 Å². The van der Waals surface area contributed by atoms with Gasteiger partial charge in [-0.2, -0.15) is 8.42 Å². The number of amides is 1. The lowest BCUT2D eigenvalue weighted by atomic mass is 9.43. The van der Waals surface area contributed by atoms with Crippen molar-refractivity contribution in [1.29, 1.82) is 0 Å². The van der Waals surface area contributed by atoms with Crippen LogP contribution in [0.2, 0.25) is 0 Å². The van der Waals surface area contributed by atoms with Crippen molar-refractivity contribution in [3.63, 3.8) is 0 Å². The summed E-state index contributed by atoms with van der Waals surface area (Å²) < 4.78 is 31.4. The number of hydrogen-bond acceptors (Lipinski definition) is 6. The smallest absolute Gasteiger partial charge is 0.269 e. The molecule has 0 aliphatic heterocycles. The highest BCUT2D eigenvalue weighted by Crippen LogP contribution is 2.68. The molecule has 8 nitrogen and oxygen atoms in total. The number of aliphatic hydroxyl groups is 3. The molecule has 1 amide bonds. The quantitative estimate of drug-likeness (QED) is 0.319. The molecule has 0 saturated heterocycles. The third kappa shape index (κ3) is 4.88. The highest BCUT2D eigenvalue weighted by Gasteiger charge is 2.65. The highest BCUT2D eigenvalue weighted by molar-refractivity contribution is 7.86. The molecule has 0 radical (unpaired) electrons. The van der Waals surface area contributed by atoms with E-state index in [9.17, 15) is 28.5 Å². The van der Waals surface area contributed by atoms with E-state index in [0.29, 0.717) is 18.8 Å². The van der Waals surface area contributed by atoms with Crippen molar-refractivity contribution in [2.45, 2.75) is 109 Å². The van der Waals surface area contributed by atoms with Crippen LogP contribution in [0.1, 0.15) is 85.5 Å². The topological polar surface area (TPSA) is 144 Å². The number of nitrogens with one attached hydrogen (secondary N) is 1. The first kappa shape index (κ1) is 28.3. The molecular weight excluding hydrogens is 482 g/mol. The molecule has 0 spiro atoms. The van der Waals surface area contributed by atoms with Crippen molar-refractivity contribution in [3.05, 3.63) is 0 Å². The van der Waals surface area contributed by atoms with Crippen molar-refractivity contribution < 1.29 is 33.1 Å². The van der Waals surface area contributed by atoms with Crippen LogP contribution in [0.4, 0.5) is 0 Å². The molecule has 0 bridgehead atoms. The van der Waals surface area contributed by atoms with Gasteiger partial charge >= 0.3 is 0 Å². The van der Waals surface area contributed by atoms with Gasteiger partial charge < -0.3 is 20.6 Å². The van der Waals surface area contributed by atoms with E-state index in [1.165, 1.54) is 6.92 Å². The maximum absolute atomic E-state index is 12.4. The predicted molar refractivity (Wildman–Crippen MR) is 136 cm³/mol. The monoisotopic (exact) mass is 529 g/mol. The Morgan fingerprint density at radius 1 is 1.03 bits per heavy atom. The zero-order valence-electron chi connectivity index (χ0n) is 22.3. The SMILES string of the molecule is CC(CNC(=O)CC[C@@H](C)[C@H]1CC[C@H]2[C@@H]3[C@H](O)CC4C[C@H](O)CC[C@]4(C)[C@H]3C[C@H](O)[C@]12C)S(=O)(=O)O. The molecular formula is C27H47NO7S. The molecule has 9 heteroatoms. The van der Waals surface area contributed by atoms with E-state index in [0.717, 1.165) is 38.5 Å². The van der Waals surface area contributed by atoms with Crippen LogP contribution >= 0.6 is 0 Å². The number of hydrogen-bond donors (Lipinski definition) is 5. The van der Waals surface area contributed by atoms with Crippen molar-refractivity contribution in [2.75, 3.05) is 6.54 Å². The maximum atomic E-state index is 12.4. The third-order valence-corrected chi connectivity index (χ3v) is 12.6. The van der Waals surface area contributed by atoms with Gasteiger partial charge in [-0.3, -0.25) is 9.35 Å². The van der Waals surface area contributed by atoms with Gasteiger partial charge in [-0.1, -0.05) is 20.8 Å². The van der Waals surface area contributed by atoms with E-state index in [4.69, 9.17) is 4.55 Å². The predicted octanol–water partition coefficient (Wildman–Crippen LogP) is 2.76. The lowest BCUT2D eigenvalue weighted by Gasteiger charge is -2.63. The van der Waals surface area contributed by atoms with Gasteiger partial charge in [-0.15, -0.1) is 0 Å². The van der Waals surface area contributed by atoms with E-state index in [-0.39, 0.29) is 65.4 Å². The van der Waals surface area contributed by atoms with Crippen LogP contribution in [0, 0.1) is 46.3 Å². The minimum atomic E-state index is -4.17. The zero-order chi connectivity index (χ0) is 26.6. The summed E-state index contributed by atoms with van der Waals surface area (Å²) >= 11 is 0. The molecule has 4 rings (SSSR count). The largest absolute Gasteiger partial charge is 0.393 e. The average Bonchev–Trinajstić information content (AvgIpc) is 3.15. The molecule has 4 aliphatic rings. The summed E-state index contributed by atoms with van der Waals surface area (Å²) in [5.74, 6) is 1.17. The Kier molecular flexibility index (Phi) is 7.93. The summed E-state index contributed by atoms with van der Waals surface area (Å²) in [5.41, 5.74) is -0.263. The van der Waals surface area contributed by atoms with Crippen molar-refractivity contribution in [2.24, 2.45) is 46.3 Å². The minimum Gasteiger partial charge on any atom is -0.393 e. The molecule has 5 N–H and O–H groups in total. The molecule has 12 atom stereocenters. The number of aliphatic hydroxyl groups excluding tert-OH is 3. The Labute approximate surface area is 216 Å². The van der Waals surface area contributed by atoms with Crippen molar-refractivity contribution in [3.8, 4) is 0 Å². The molecule has 0 heterocycles. The molecule has 4 aliphatic carbocycles. The van der Waals surface area contributed by atoms with Gasteiger partial charge in [0.2, 0.25) is 5.91 Å². The summed E-state index contributed by atoms with van der Waals surface area (Å²) in [6, 6.07) is 0. The Morgan fingerprint density at radius 3 is 2.39 bits per heavy atom. The number of fused-ring (bicyclic) bond motifs is 5. The first-order valence-corrected chi connectivity index (χ1v) is 15.5. The van der Waals surface area contributed by atoms with Crippen LogP contribution in [-0.2, 0) is 14.9 Å². The minimum absolute atomic E-state index is 0.0480. The molecule has 2 unspecified atom stereocenters. The Balaban J connectivity index is 1.43. The molecule has 4 fully saturated rings. The van der Waals surface area contributed by atoms with Gasteiger partial charge in [0.25, 0.3) is 10.1 Å². The van der Waals surface area contributed by atoms with E-state index >= 15 is 0 Å². The van der Waals surface area contributed by atoms with E-state index in [2.05, 4.69) is 26.1 Å². The zero-order valence-corrected chi connectivity index (χ0v) is 23.1. The molecule has 0 aromatic heterocycles. The van der Waals surface area contributed by atoms with Gasteiger partial charge in [0.05, 0.1) is 18.3 Å². The Hall–Kier alpha value is -0.740. The third-order valence-electron chi connectivity index (χ3n) is 11.4. The van der Waals surface area contributed by atoms with Crippen LogP contribution in [0.5, 0.6) is 0 Å². The van der Waals surface area contributed by atoms with E-state index in [1.54, 1.807) is 0 Å². The van der Waals surface area contributed by atoms with Gasteiger partial charge in [0.1, 0.15) is 5.25 Å². The number of carbonyl (C=O) groups is 1.